The van der Waals surface area contributed by atoms with Gasteiger partial charge in [-0.15, -0.1) is 0 Å². The second kappa shape index (κ2) is 10.4. The standard InChI is InChI=1S/C28H29F2N5O4/c1-27(2,3)14-21(35(26(29)30)24(38)22(36)32-17-9-5-4-6-10-17)23(37)34-16-28(13-18(34)15-31)19-11-7-8-12-20(19)33-25(28)39/h4-12,18,21,26H,13-14,16H2,1-3H3,(H,32,36)(H,33,39)/t18-,21-,28-/m0/s1. The zero-order valence-electron chi connectivity index (χ0n) is 21.8. The fourth-order valence-corrected chi connectivity index (χ4v) is 5.25. The first-order valence-electron chi connectivity index (χ1n) is 12.5. The zero-order chi connectivity index (χ0) is 28.5. The van der Waals surface area contributed by atoms with Crippen molar-refractivity contribution < 1.29 is 28.0 Å². The van der Waals surface area contributed by atoms with Gasteiger partial charge in [-0.3, -0.25) is 24.1 Å². The number of rotatable bonds is 5. The van der Waals surface area contributed by atoms with E-state index >= 15 is 0 Å². The first-order chi connectivity index (χ1) is 18.4. The molecule has 2 aliphatic heterocycles. The number of likely N-dealkylation sites (tertiary alicyclic amines) is 1. The van der Waals surface area contributed by atoms with Gasteiger partial charge in [0.05, 0.1) is 11.5 Å². The molecule has 1 fully saturated rings. The van der Waals surface area contributed by atoms with Gasteiger partial charge in [-0.2, -0.15) is 14.0 Å². The van der Waals surface area contributed by atoms with Crippen LogP contribution >= 0.6 is 0 Å². The highest BCUT2D eigenvalue weighted by atomic mass is 19.3. The number of hydrogen-bond acceptors (Lipinski definition) is 5. The second-order valence-electron chi connectivity index (χ2n) is 11.0. The number of amides is 4. The molecular weight excluding hydrogens is 508 g/mol. The van der Waals surface area contributed by atoms with Gasteiger partial charge in [-0.05, 0) is 35.6 Å². The predicted molar refractivity (Wildman–Crippen MR) is 138 cm³/mol. The number of nitriles is 1. The molecule has 1 spiro atoms. The molecule has 0 saturated carbocycles. The van der Waals surface area contributed by atoms with Crippen molar-refractivity contribution in [3.8, 4) is 6.07 Å². The fourth-order valence-electron chi connectivity index (χ4n) is 5.25. The Hall–Kier alpha value is -4.33. The van der Waals surface area contributed by atoms with Gasteiger partial charge in [0.2, 0.25) is 11.8 Å². The summed E-state index contributed by atoms with van der Waals surface area (Å²) in [7, 11) is 0. The molecule has 9 nitrogen and oxygen atoms in total. The average Bonchev–Trinajstić information content (AvgIpc) is 3.41. The number of nitrogens with zero attached hydrogens (tertiary/aromatic N) is 3. The van der Waals surface area contributed by atoms with Crippen LogP contribution in [0, 0.1) is 16.7 Å². The van der Waals surface area contributed by atoms with Gasteiger partial charge in [-0.25, -0.2) is 0 Å². The Bertz CT molecular complexity index is 1340. The number of hydrogen-bond donors (Lipinski definition) is 2. The van der Waals surface area contributed by atoms with Crippen molar-refractivity contribution in [2.45, 2.75) is 57.7 Å². The molecule has 39 heavy (non-hydrogen) atoms. The van der Waals surface area contributed by atoms with Gasteiger partial charge in [0.25, 0.3) is 0 Å². The average molecular weight is 538 g/mol. The highest BCUT2D eigenvalue weighted by Crippen LogP contribution is 2.46. The molecule has 2 aromatic rings. The lowest BCUT2D eigenvalue weighted by Gasteiger charge is -2.36. The molecule has 0 aliphatic carbocycles. The highest BCUT2D eigenvalue weighted by molar-refractivity contribution is 6.40. The summed E-state index contributed by atoms with van der Waals surface area (Å²) < 4.78 is 29.0. The minimum atomic E-state index is -3.48. The Kier molecular flexibility index (Phi) is 7.41. The van der Waals surface area contributed by atoms with E-state index in [2.05, 4.69) is 10.6 Å². The minimum absolute atomic E-state index is 0.0199. The van der Waals surface area contributed by atoms with E-state index in [1.807, 2.05) is 6.07 Å². The molecule has 0 radical (unpaired) electrons. The quantitative estimate of drug-likeness (QED) is 0.447. The molecule has 0 aromatic heterocycles. The molecule has 2 aliphatic rings. The predicted octanol–water partition coefficient (Wildman–Crippen LogP) is 3.50. The van der Waals surface area contributed by atoms with E-state index in [1.54, 1.807) is 63.2 Å². The minimum Gasteiger partial charge on any atom is -0.325 e. The maximum Gasteiger partial charge on any atom is 0.318 e. The molecule has 2 aromatic carbocycles. The molecular formula is C28H29F2N5O4. The summed E-state index contributed by atoms with van der Waals surface area (Å²) in [5, 5.41) is 15.0. The summed E-state index contributed by atoms with van der Waals surface area (Å²) in [6.07, 6.45) is -0.248. The van der Waals surface area contributed by atoms with Gasteiger partial charge in [0, 0.05) is 24.3 Å². The lowest BCUT2D eigenvalue weighted by molar-refractivity contribution is -0.165. The number of anilines is 2. The number of halogens is 2. The molecule has 4 amide bonds. The Balaban J connectivity index is 1.68. The van der Waals surface area contributed by atoms with Crippen molar-refractivity contribution in [2.75, 3.05) is 17.2 Å². The van der Waals surface area contributed by atoms with E-state index in [9.17, 15) is 33.2 Å². The molecule has 3 atom stereocenters. The Labute approximate surface area is 224 Å². The highest BCUT2D eigenvalue weighted by Gasteiger charge is 2.57. The van der Waals surface area contributed by atoms with Crippen LogP contribution in [0.3, 0.4) is 0 Å². The molecule has 2 N–H and O–H groups in total. The lowest BCUT2D eigenvalue weighted by Crippen LogP contribution is -2.57. The number of carbonyl (C=O) groups is 4. The third kappa shape index (κ3) is 5.32. The van der Waals surface area contributed by atoms with Crippen LogP contribution in [0.4, 0.5) is 20.2 Å². The van der Waals surface area contributed by atoms with Gasteiger partial charge in [0.15, 0.2) is 0 Å². The van der Waals surface area contributed by atoms with Crippen LogP contribution in [-0.2, 0) is 24.6 Å². The molecule has 0 unspecified atom stereocenters. The van der Waals surface area contributed by atoms with Gasteiger partial charge < -0.3 is 15.5 Å². The van der Waals surface area contributed by atoms with Crippen LogP contribution < -0.4 is 10.6 Å². The molecule has 204 valence electrons. The Morgan fingerprint density at radius 1 is 1.15 bits per heavy atom. The molecule has 0 bridgehead atoms. The van der Waals surface area contributed by atoms with E-state index in [0.717, 1.165) is 4.90 Å². The summed E-state index contributed by atoms with van der Waals surface area (Å²) in [5.74, 6) is -4.22. The Morgan fingerprint density at radius 3 is 2.41 bits per heavy atom. The summed E-state index contributed by atoms with van der Waals surface area (Å²) >= 11 is 0. The van der Waals surface area contributed by atoms with Crippen LogP contribution in [-0.4, -0.2) is 58.6 Å². The van der Waals surface area contributed by atoms with E-state index in [0.29, 0.717) is 11.3 Å². The van der Waals surface area contributed by atoms with E-state index in [1.165, 1.54) is 12.1 Å². The number of benzene rings is 2. The third-order valence-corrected chi connectivity index (χ3v) is 7.01. The van der Waals surface area contributed by atoms with Crippen molar-refractivity contribution in [3.63, 3.8) is 0 Å². The van der Waals surface area contributed by atoms with E-state index in [-0.39, 0.29) is 30.0 Å². The third-order valence-electron chi connectivity index (χ3n) is 7.01. The number of alkyl halides is 2. The van der Waals surface area contributed by atoms with Crippen LogP contribution in [0.2, 0.25) is 0 Å². The summed E-state index contributed by atoms with van der Waals surface area (Å²) in [5.41, 5.74) is -0.562. The first-order valence-corrected chi connectivity index (χ1v) is 12.5. The molecule has 1 saturated heterocycles. The normalized spacial score (nSPS) is 20.8. The van der Waals surface area contributed by atoms with Crippen molar-refractivity contribution >= 4 is 35.0 Å². The Morgan fingerprint density at radius 2 is 1.79 bits per heavy atom. The number of para-hydroxylation sites is 2. The van der Waals surface area contributed by atoms with Gasteiger partial charge in [0.1, 0.15) is 12.1 Å². The van der Waals surface area contributed by atoms with Crippen LogP contribution in [0.25, 0.3) is 0 Å². The summed E-state index contributed by atoms with van der Waals surface area (Å²) in [4.78, 5) is 53.9. The first kappa shape index (κ1) is 27.7. The molecule has 4 rings (SSSR count). The van der Waals surface area contributed by atoms with E-state index in [4.69, 9.17) is 0 Å². The van der Waals surface area contributed by atoms with Crippen LogP contribution in [0.1, 0.15) is 39.2 Å². The topological polar surface area (TPSA) is 123 Å². The van der Waals surface area contributed by atoms with Crippen molar-refractivity contribution in [3.05, 3.63) is 60.2 Å². The molecule has 2 heterocycles. The lowest BCUT2D eigenvalue weighted by atomic mass is 9.80. The fraction of sp³-hybridized carbons (Fsp3) is 0.393. The summed E-state index contributed by atoms with van der Waals surface area (Å²) in [6.45, 7) is 1.41. The number of fused-ring (bicyclic) bond motifs is 2. The SMILES string of the molecule is CC(C)(C)C[C@@H](C(=O)N1C[C@]2(C[C@H]1C#N)C(=O)Nc1ccccc12)N(C(=O)C(=O)Nc1ccccc1)C(F)F. The largest absolute Gasteiger partial charge is 0.325 e. The smallest absolute Gasteiger partial charge is 0.318 e. The number of carbonyl (C=O) groups excluding carboxylic acids is 4. The van der Waals surface area contributed by atoms with Crippen LogP contribution in [0.15, 0.2) is 54.6 Å². The second-order valence-corrected chi connectivity index (χ2v) is 11.0. The monoisotopic (exact) mass is 537 g/mol. The maximum atomic E-state index is 14.5. The van der Waals surface area contributed by atoms with Crippen molar-refractivity contribution in [1.29, 1.82) is 5.26 Å². The number of nitrogens with one attached hydrogen (secondary N) is 2. The van der Waals surface area contributed by atoms with Crippen molar-refractivity contribution in [1.82, 2.24) is 9.80 Å². The van der Waals surface area contributed by atoms with Gasteiger partial charge >= 0.3 is 18.4 Å². The van der Waals surface area contributed by atoms with Gasteiger partial charge in [-0.1, -0.05) is 57.2 Å². The maximum absolute atomic E-state index is 14.5. The zero-order valence-corrected chi connectivity index (χ0v) is 21.8. The van der Waals surface area contributed by atoms with Crippen molar-refractivity contribution in [2.24, 2.45) is 5.41 Å². The summed E-state index contributed by atoms with van der Waals surface area (Å²) in [6, 6.07) is 13.9. The molecule has 11 heteroatoms. The van der Waals surface area contributed by atoms with Crippen LogP contribution in [0.5, 0.6) is 0 Å². The van der Waals surface area contributed by atoms with E-state index < -0.39 is 53.1 Å².